The third-order valence-electron chi connectivity index (χ3n) is 3.37. The van der Waals surface area contributed by atoms with Gasteiger partial charge in [-0.3, -0.25) is 9.59 Å². The molecule has 7 heteroatoms. The first-order valence-corrected chi connectivity index (χ1v) is 7.23. The lowest BCUT2D eigenvalue weighted by atomic mass is 10.0. The Kier molecular flexibility index (Phi) is 10.2. The Bertz CT molecular complexity index is 483. The first-order chi connectivity index (χ1) is 10.5. The van der Waals surface area contributed by atoms with Gasteiger partial charge in [0.15, 0.2) is 0 Å². The zero-order valence-corrected chi connectivity index (χ0v) is 14.7. The van der Waals surface area contributed by atoms with Crippen molar-refractivity contribution in [1.29, 1.82) is 0 Å². The summed E-state index contributed by atoms with van der Waals surface area (Å²) in [6, 6.07) is 9.08. The molecule has 0 aliphatic rings. The van der Waals surface area contributed by atoms with Gasteiger partial charge >= 0.3 is 0 Å². The van der Waals surface area contributed by atoms with Crippen LogP contribution in [-0.4, -0.2) is 62.5 Å². The number of nitrogens with two attached hydrogens (primary N) is 1. The van der Waals surface area contributed by atoms with Crippen molar-refractivity contribution in [3.05, 3.63) is 35.9 Å². The normalized spacial score (nSPS) is 11.3. The molecular formula is C16H26ClN3O3. The fourth-order valence-corrected chi connectivity index (χ4v) is 1.93. The molecule has 2 N–H and O–H groups in total. The number of hydrogen-bond acceptors (Lipinski definition) is 4. The first-order valence-electron chi connectivity index (χ1n) is 7.23. The van der Waals surface area contributed by atoms with E-state index in [1.54, 1.807) is 21.2 Å². The van der Waals surface area contributed by atoms with E-state index in [1.165, 1.54) is 9.80 Å². The Balaban J connectivity index is 0.00000484. The summed E-state index contributed by atoms with van der Waals surface area (Å²) in [6.45, 7) is 0.792. The SMILES string of the molecule is COCCN(CC(=O)N(C)C)C(=O)CC(N)c1ccccc1.Cl. The van der Waals surface area contributed by atoms with E-state index >= 15 is 0 Å². The molecule has 0 heterocycles. The van der Waals surface area contributed by atoms with Crippen LogP contribution in [0.4, 0.5) is 0 Å². The average molecular weight is 344 g/mol. The van der Waals surface area contributed by atoms with Crippen molar-refractivity contribution in [2.75, 3.05) is 40.9 Å². The van der Waals surface area contributed by atoms with Crippen molar-refractivity contribution in [2.45, 2.75) is 12.5 Å². The minimum atomic E-state index is -0.381. The molecule has 23 heavy (non-hydrogen) atoms. The second-order valence-corrected chi connectivity index (χ2v) is 5.32. The minimum Gasteiger partial charge on any atom is -0.383 e. The number of amides is 2. The molecule has 1 aromatic carbocycles. The number of carbonyl (C=O) groups excluding carboxylic acids is 2. The van der Waals surface area contributed by atoms with Crippen LogP contribution in [0.15, 0.2) is 30.3 Å². The molecule has 6 nitrogen and oxygen atoms in total. The molecule has 0 fully saturated rings. The third-order valence-corrected chi connectivity index (χ3v) is 3.37. The Morgan fingerprint density at radius 3 is 2.30 bits per heavy atom. The number of ether oxygens (including phenoxy) is 1. The van der Waals surface area contributed by atoms with E-state index in [0.717, 1.165) is 5.56 Å². The first kappa shape index (κ1) is 21.4. The number of hydrogen-bond donors (Lipinski definition) is 1. The fourth-order valence-electron chi connectivity index (χ4n) is 1.93. The molecule has 0 aliphatic carbocycles. The van der Waals surface area contributed by atoms with Crippen molar-refractivity contribution in [1.82, 2.24) is 9.80 Å². The van der Waals surface area contributed by atoms with Gasteiger partial charge in [0.1, 0.15) is 0 Å². The lowest BCUT2D eigenvalue weighted by molar-refractivity contribution is -0.140. The van der Waals surface area contributed by atoms with Gasteiger partial charge in [-0.1, -0.05) is 30.3 Å². The maximum Gasteiger partial charge on any atom is 0.241 e. The molecule has 0 saturated carbocycles. The second kappa shape index (κ2) is 11.0. The standard InChI is InChI=1S/C16H25N3O3.ClH/c1-18(2)16(21)12-19(9-10-22-3)15(20)11-14(17)13-7-5-4-6-8-13;/h4-8,14H,9-12,17H2,1-3H3;1H. The Hall–Kier alpha value is -1.63. The number of benzene rings is 1. The van der Waals surface area contributed by atoms with Crippen LogP contribution < -0.4 is 5.73 Å². The van der Waals surface area contributed by atoms with Gasteiger partial charge in [0.25, 0.3) is 0 Å². The lowest BCUT2D eigenvalue weighted by Gasteiger charge is -2.25. The van der Waals surface area contributed by atoms with Gasteiger partial charge in [-0.25, -0.2) is 0 Å². The summed E-state index contributed by atoms with van der Waals surface area (Å²) in [4.78, 5) is 27.2. The van der Waals surface area contributed by atoms with Gasteiger partial charge in [0.2, 0.25) is 11.8 Å². The number of rotatable bonds is 8. The summed E-state index contributed by atoms with van der Waals surface area (Å²) in [5.74, 6) is -0.277. The number of methoxy groups -OCH3 is 1. The van der Waals surface area contributed by atoms with Crippen LogP contribution in [0.3, 0.4) is 0 Å². The van der Waals surface area contributed by atoms with Crippen LogP contribution in [0.25, 0.3) is 0 Å². The zero-order chi connectivity index (χ0) is 16.5. The van der Waals surface area contributed by atoms with Crippen molar-refractivity contribution < 1.29 is 14.3 Å². The highest BCUT2D eigenvalue weighted by Crippen LogP contribution is 2.14. The molecule has 0 bridgehead atoms. The van der Waals surface area contributed by atoms with Gasteiger partial charge in [-0.2, -0.15) is 0 Å². The topological polar surface area (TPSA) is 75.9 Å². The summed E-state index contributed by atoms with van der Waals surface area (Å²) in [5, 5.41) is 0. The van der Waals surface area contributed by atoms with Crippen LogP contribution in [0.5, 0.6) is 0 Å². The number of nitrogens with zero attached hydrogens (tertiary/aromatic N) is 2. The van der Waals surface area contributed by atoms with E-state index in [-0.39, 0.29) is 43.2 Å². The molecule has 0 saturated heterocycles. The summed E-state index contributed by atoms with van der Waals surface area (Å²) in [5.41, 5.74) is 6.98. The van der Waals surface area contributed by atoms with Crippen molar-refractivity contribution in [3.8, 4) is 0 Å². The van der Waals surface area contributed by atoms with Gasteiger partial charge in [0.05, 0.1) is 13.2 Å². The molecule has 0 radical (unpaired) electrons. The summed E-state index contributed by atoms with van der Waals surface area (Å²) >= 11 is 0. The molecule has 1 rings (SSSR count). The van der Waals surface area contributed by atoms with Gasteiger partial charge < -0.3 is 20.3 Å². The Morgan fingerprint density at radius 2 is 1.78 bits per heavy atom. The van der Waals surface area contributed by atoms with Gasteiger partial charge in [-0.05, 0) is 5.56 Å². The minimum absolute atomic E-state index is 0. The average Bonchev–Trinajstić information content (AvgIpc) is 2.51. The van der Waals surface area contributed by atoms with Crippen LogP contribution in [0.2, 0.25) is 0 Å². The van der Waals surface area contributed by atoms with Crippen LogP contribution in [0, 0.1) is 0 Å². The van der Waals surface area contributed by atoms with Gasteiger partial charge in [-0.15, -0.1) is 12.4 Å². The molecule has 2 amide bonds. The molecule has 1 unspecified atom stereocenters. The summed E-state index contributed by atoms with van der Waals surface area (Å²) in [7, 11) is 4.89. The van der Waals surface area contributed by atoms with E-state index in [9.17, 15) is 9.59 Å². The maximum absolute atomic E-state index is 12.4. The molecule has 1 aromatic rings. The molecule has 0 aliphatic heterocycles. The quantitative estimate of drug-likeness (QED) is 0.765. The van der Waals surface area contributed by atoms with E-state index in [4.69, 9.17) is 10.5 Å². The van der Waals surface area contributed by atoms with Crippen LogP contribution >= 0.6 is 12.4 Å². The number of halogens is 1. The van der Waals surface area contributed by atoms with Crippen LogP contribution in [-0.2, 0) is 14.3 Å². The molecule has 130 valence electrons. The highest BCUT2D eigenvalue weighted by molar-refractivity contribution is 5.85. The van der Waals surface area contributed by atoms with Gasteiger partial charge in [0, 0.05) is 40.2 Å². The predicted molar refractivity (Wildman–Crippen MR) is 92.4 cm³/mol. The Labute approximate surface area is 144 Å². The molecular weight excluding hydrogens is 318 g/mol. The van der Waals surface area contributed by atoms with E-state index in [1.807, 2.05) is 30.3 Å². The highest BCUT2D eigenvalue weighted by atomic mass is 35.5. The number of likely N-dealkylation sites (N-methyl/N-ethyl adjacent to an activating group) is 1. The summed E-state index contributed by atoms with van der Waals surface area (Å²) in [6.07, 6.45) is 0.161. The second-order valence-electron chi connectivity index (χ2n) is 5.32. The smallest absolute Gasteiger partial charge is 0.241 e. The molecule has 0 spiro atoms. The molecule has 1 atom stereocenters. The van der Waals surface area contributed by atoms with E-state index in [2.05, 4.69) is 0 Å². The largest absolute Gasteiger partial charge is 0.383 e. The summed E-state index contributed by atoms with van der Waals surface area (Å²) < 4.78 is 5.00. The van der Waals surface area contributed by atoms with E-state index < -0.39 is 0 Å². The van der Waals surface area contributed by atoms with Crippen LogP contribution in [0.1, 0.15) is 18.0 Å². The number of carbonyl (C=O) groups is 2. The third kappa shape index (κ3) is 7.45. The predicted octanol–water partition coefficient (Wildman–Crippen LogP) is 1.06. The lowest BCUT2D eigenvalue weighted by Crippen LogP contribution is -2.42. The van der Waals surface area contributed by atoms with E-state index in [0.29, 0.717) is 13.2 Å². The van der Waals surface area contributed by atoms with Crippen molar-refractivity contribution >= 4 is 24.2 Å². The fraction of sp³-hybridized carbons (Fsp3) is 0.500. The maximum atomic E-state index is 12.4. The van der Waals surface area contributed by atoms with Crippen molar-refractivity contribution in [2.24, 2.45) is 5.73 Å². The monoisotopic (exact) mass is 343 g/mol. The zero-order valence-electron chi connectivity index (χ0n) is 13.9. The van der Waals surface area contributed by atoms with Crippen molar-refractivity contribution in [3.63, 3.8) is 0 Å². The highest BCUT2D eigenvalue weighted by Gasteiger charge is 2.20. The Morgan fingerprint density at radius 1 is 1.17 bits per heavy atom. The molecule has 0 aromatic heterocycles.